The molecule has 116 valence electrons. The fourth-order valence-electron chi connectivity index (χ4n) is 1.47. The van der Waals surface area contributed by atoms with Crippen LogP contribution in [-0.4, -0.2) is 29.7 Å². The van der Waals surface area contributed by atoms with E-state index in [1.54, 1.807) is 20.8 Å². The van der Waals surface area contributed by atoms with Gasteiger partial charge in [0.05, 0.1) is 11.0 Å². The van der Waals surface area contributed by atoms with Crippen LogP contribution < -0.4 is 10.6 Å². The van der Waals surface area contributed by atoms with Crippen LogP contribution in [0.15, 0.2) is 18.2 Å². The van der Waals surface area contributed by atoms with Crippen molar-refractivity contribution in [1.82, 2.24) is 5.32 Å². The highest BCUT2D eigenvalue weighted by molar-refractivity contribution is 5.67. The molecule has 1 rings (SSSR count). The third-order valence-electron chi connectivity index (χ3n) is 2.22. The number of nitro benzene ring substituents is 1. The monoisotopic (exact) mass is 299 g/mol. The Labute approximate surface area is 121 Å². The van der Waals surface area contributed by atoms with E-state index in [0.29, 0.717) is 0 Å². The van der Waals surface area contributed by atoms with E-state index in [2.05, 4.69) is 10.6 Å². The number of nitrogens with zero attached hydrogens (tertiary/aromatic N) is 1. The Morgan fingerprint density at radius 1 is 1.33 bits per heavy atom. The molecule has 7 nitrogen and oxygen atoms in total. The lowest BCUT2D eigenvalue weighted by molar-refractivity contribution is -0.385. The van der Waals surface area contributed by atoms with Gasteiger partial charge in [0, 0.05) is 24.8 Å². The summed E-state index contributed by atoms with van der Waals surface area (Å²) in [6.07, 6.45) is -0.561. The molecule has 0 fully saturated rings. The van der Waals surface area contributed by atoms with Gasteiger partial charge in [0.15, 0.2) is 0 Å². The van der Waals surface area contributed by atoms with Crippen LogP contribution in [0.5, 0.6) is 0 Å². The largest absolute Gasteiger partial charge is 0.444 e. The van der Waals surface area contributed by atoms with Gasteiger partial charge in [0.25, 0.3) is 5.69 Å². The third kappa shape index (κ3) is 6.55. The highest BCUT2D eigenvalue weighted by atomic mass is 19.1. The van der Waals surface area contributed by atoms with Gasteiger partial charge in [-0.3, -0.25) is 10.1 Å². The zero-order valence-corrected chi connectivity index (χ0v) is 12.1. The van der Waals surface area contributed by atoms with E-state index >= 15 is 0 Å². The van der Waals surface area contributed by atoms with Gasteiger partial charge < -0.3 is 15.4 Å². The maximum Gasteiger partial charge on any atom is 0.407 e. The number of nitro groups is 1. The molecule has 1 aromatic carbocycles. The summed E-state index contributed by atoms with van der Waals surface area (Å²) in [5.41, 5.74) is -0.647. The fraction of sp³-hybridized carbons (Fsp3) is 0.462. The number of nitrogens with one attached hydrogen (secondary N) is 2. The molecular formula is C13H18FN3O4. The number of benzene rings is 1. The number of hydrogen-bond acceptors (Lipinski definition) is 5. The molecule has 1 amide bonds. The van der Waals surface area contributed by atoms with Crippen molar-refractivity contribution in [2.45, 2.75) is 26.4 Å². The second-order valence-corrected chi connectivity index (χ2v) is 5.31. The van der Waals surface area contributed by atoms with Crippen molar-refractivity contribution in [3.05, 3.63) is 34.1 Å². The van der Waals surface area contributed by atoms with Crippen molar-refractivity contribution in [2.24, 2.45) is 0 Å². The van der Waals surface area contributed by atoms with Crippen LogP contribution in [0.1, 0.15) is 20.8 Å². The fourth-order valence-corrected chi connectivity index (χ4v) is 1.47. The molecule has 0 aromatic heterocycles. The third-order valence-corrected chi connectivity index (χ3v) is 2.22. The first-order chi connectivity index (χ1) is 9.67. The number of non-ortho nitro benzene ring substituents is 1. The van der Waals surface area contributed by atoms with Crippen LogP contribution in [0.2, 0.25) is 0 Å². The lowest BCUT2D eigenvalue weighted by Crippen LogP contribution is -2.35. The molecule has 0 aliphatic rings. The average molecular weight is 299 g/mol. The topological polar surface area (TPSA) is 93.5 Å². The molecule has 0 bridgehead atoms. The molecule has 0 saturated carbocycles. The number of halogens is 1. The van der Waals surface area contributed by atoms with Gasteiger partial charge in [-0.1, -0.05) is 0 Å². The minimum Gasteiger partial charge on any atom is -0.444 e. The lowest BCUT2D eigenvalue weighted by Gasteiger charge is -2.19. The maximum atomic E-state index is 13.2. The predicted molar refractivity (Wildman–Crippen MR) is 75.8 cm³/mol. The standard InChI is InChI=1S/C13H18FN3O4/c1-13(2,3)21-12(18)16-5-4-15-10-6-9(14)7-11(8-10)17(19)20/h6-8,15H,4-5H2,1-3H3,(H,16,18). The maximum absolute atomic E-state index is 13.2. The number of carbonyl (C=O) groups excluding carboxylic acids is 1. The van der Waals surface area contributed by atoms with Gasteiger partial charge in [-0.05, 0) is 26.8 Å². The lowest BCUT2D eigenvalue weighted by atomic mass is 10.2. The number of alkyl carbamates (subject to hydrolysis) is 1. The Kier molecular flexibility index (Phi) is 5.45. The summed E-state index contributed by atoms with van der Waals surface area (Å²) in [7, 11) is 0. The Bertz CT molecular complexity index is 529. The minimum absolute atomic E-state index is 0.235. The van der Waals surface area contributed by atoms with Crippen molar-refractivity contribution in [1.29, 1.82) is 0 Å². The number of anilines is 1. The summed E-state index contributed by atoms with van der Waals surface area (Å²) in [4.78, 5) is 21.3. The molecule has 1 aromatic rings. The minimum atomic E-state index is -0.702. The molecule has 21 heavy (non-hydrogen) atoms. The zero-order valence-electron chi connectivity index (χ0n) is 12.1. The van der Waals surface area contributed by atoms with Crippen LogP contribution >= 0.6 is 0 Å². The van der Waals surface area contributed by atoms with E-state index in [1.807, 2.05) is 0 Å². The molecule has 0 aliphatic carbocycles. The molecule has 0 aliphatic heterocycles. The molecular weight excluding hydrogens is 281 g/mol. The molecule has 0 spiro atoms. The first-order valence-electron chi connectivity index (χ1n) is 6.33. The number of rotatable bonds is 5. The second kappa shape index (κ2) is 6.87. The van der Waals surface area contributed by atoms with Crippen molar-refractivity contribution in [3.8, 4) is 0 Å². The normalized spacial score (nSPS) is 10.9. The van der Waals surface area contributed by atoms with Gasteiger partial charge >= 0.3 is 6.09 Å². The number of carbonyl (C=O) groups is 1. The summed E-state index contributed by atoms with van der Waals surface area (Å²) < 4.78 is 18.2. The molecule has 0 atom stereocenters. The van der Waals surface area contributed by atoms with Gasteiger partial charge in [0.2, 0.25) is 0 Å². The van der Waals surface area contributed by atoms with Crippen LogP contribution in [0.25, 0.3) is 0 Å². The SMILES string of the molecule is CC(C)(C)OC(=O)NCCNc1cc(F)cc([N+](=O)[O-])c1. The first kappa shape index (κ1) is 16.7. The highest BCUT2D eigenvalue weighted by Gasteiger charge is 2.15. The summed E-state index contributed by atoms with van der Waals surface area (Å²) in [6.45, 7) is 5.75. The van der Waals surface area contributed by atoms with Crippen LogP contribution in [0.4, 0.5) is 20.6 Å². The van der Waals surface area contributed by atoms with Gasteiger partial charge in [0.1, 0.15) is 11.4 Å². The Balaban J connectivity index is 2.43. The van der Waals surface area contributed by atoms with Gasteiger partial charge in [-0.15, -0.1) is 0 Å². The van der Waals surface area contributed by atoms with Crippen molar-refractivity contribution < 1.29 is 18.8 Å². The second-order valence-electron chi connectivity index (χ2n) is 5.31. The first-order valence-corrected chi connectivity index (χ1v) is 6.33. The molecule has 8 heteroatoms. The van der Waals surface area contributed by atoms with E-state index < -0.39 is 22.4 Å². The number of amides is 1. The van der Waals surface area contributed by atoms with Crippen molar-refractivity contribution >= 4 is 17.5 Å². The van der Waals surface area contributed by atoms with Crippen LogP contribution in [-0.2, 0) is 4.74 Å². The van der Waals surface area contributed by atoms with Gasteiger partial charge in [-0.25, -0.2) is 9.18 Å². The Morgan fingerprint density at radius 3 is 2.57 bits per heavy atom. The Morgan fingerprint density at radius 2 is 2.00 bits per heavy atom. The number of ether oxygens (including phenoxy) is 1. The van der Waals surface area contributed by atoms with Crippen molar-refractivity contribution in [2.75, 3.05) is 18.4 Å². The molecule has 0 unspecified atom stereocenters. The van der Waals surface area contributed by atoms with E-state index in [1.165, 1.54) is 6.07 Å². The van der Waals surface area contributed by atoms with Crippen LogP contribution in [0.3, 0.4) is 0 Å². The summed E-state index contributed by atoms with van der Waals surface area (Å²) in [5.74, 6) is -0.702. The summed E-state index contributed by atoms with van der Waals surface area (Å²) >= 11 is 0. The highest BCUT2D eigenvalue weighted by Crippen LogP contribution is 2.19. The molecule has 0 radical (unpaired) electrons. The van der Waals surface area contributed by atoms with Crippen molar-refractivity contribution in [3.63, 3.8) is 0 Å². The molecule has 0 saturated heterocycles. The molecule has 2 N–H and O–H groups in total. The van der Waals surface area contributed by atoms with Gasteiger partial charge in [-0.2, -0.15) is 0 Å². The summed E-state index contributed by atoms with van der Waals surface area (Å²) in [6, 6.07) is 3.20. The molecule has 0 heterocycles. The van der Waals surface area contributed by atoms with E-state index in [4.69, 9.17) is 4.74 Å². The summed E-state index contributed by atoms with van der Waals surface area (Å²) in [5, 5.41) is 15.9. The quantitative estimate of drug-likeness (QED) is 0.495. The average Bonchev–Trinajstić information content (AvgIpc) is 2.31. The number of hydrogen-bond donors (Lipinski definition) is 2. The zero-order chi connectivity index (χ0) is 16.0. The predicted octanol–water partition coefficient (Wildman–Crippen LogP) is 2.67. The smallest absolute Gasteiger partial charge is 0.407 e. The Hall–Kier alpha value is -2.38. The van der Waals surface area contributed by atoms with E-state index in [-0.39, 0.29) is 24.5 Å². The van der Waals surface area contributed by atoms with E-state index in [9.17, 15) is 19.3 Å². The van der Waals surface area contributed by atoms with Crippen LogP contribution in [0, 0.1) is 15.9 Å². The van der Waals surface area contributed by atoms with E-state index in [0.717, 1.165) is 12.1 Å².